The average molecular weight is 225 g/mol. The smallest absolute Gasteiger partial charge is 0.238 e. The summed E-state index contributed by atoms with van der Waals surface area (Å²) in [4.78, 5) is 14.3. The molecule has 0 aromatic heterocycles. The summed E-state index contributed by atoms with van der Waals surface area (Å²) in [6.45, 7) is 7.82. The van der Waals surface area contributed by atoms with Gasteiger partial charge in [0, 0.05) is 32.2 Å². The third-order valence-electron chi connectivity index (χ3n) is 3.76. The normalized spacial score (nSPS) is 35.5. The first-order chi connectivity index (χ1) is 7.72. The molecule has 4 nitrogen and oxygen atoms in total. The minimum Gasteiger partial charge on any atom is -0.355 e. The van der Waals surface area contributed by atoms with Crippen LogP contribution in [0.15, 0.2) is 0 Å². The Hall–Kier alpha value is -0.610. The van der Waals surface area contributed by atoms with Gasteiger partial charge in [0.15, 0.2) is 0 Å². The van der Waals surface area contributed by atoms with Crippen molar-refractivity contribution in [3.8, 4) is 0 Å². The van der Waals surface area contributed by atoms with E-state index < -0.39 is 0 Å². The molecule has 2 rings (SSSR count). The van der Waals surface area contributed by atoms with Crippen molar-refractivity contribution < 1.29 is 4.79 Å². The van der Waals surface area contributed by atoms with Crippen LogP contribution in [-0.2, 0) is 4.79 Å². The van der Waals surface area contributed by atoms with E-state index in [1.807, 2.05) is 6.92 Å². The summed E-state index contributed by atoms with van der Waals surface area (Å²) in [6, 6.07) is 0.691. The quantitative estimate of drug-likeness (QED) is 0.721. The Bertz CT molecular complexity index is 251. The molecule has 0 spiro atoms. The van der Waals surface area contributed by atoms with Crippen LogP contribution in [0.5, 0.6) is 0 Å². The van der Waals surface area contributed by atoms with Crippen molar-refractivity contribution in [1.29, 1.82) is 0 Å². The summed E-state index contributed by atoms with van der Waals surface area (Å²) in [5.74, 6) is 1.03. The van der Waals surface area contributed by atoms with Gasteiger partial charge < -0.3 is 10.6 Å². The van der Waals surface area contributed by atoms with E-state index in [0.717, 1.165) is 32.1 Å². The second-order valence-electron chi connectivity index (χ2n) is 5.08. The molecule has 2 N–H and O–H groups in total. The molecule has 92 valence electrons. The van der Waals surface area contributed by atoms with Crippen LogP contribution >= 0.6 is 0 Å². The van der Waals surface area contributed by atoms with Crippen LogP contribution in [0, 0.1) is 5.92 Å². The highest BCUT2D eigenvalue weighted by molar-refractivity contribution is 5.82. The third-order valence-corrected chi connectivity index (χ3v) is 3.76. The van der Waals surface area contributed by atoms with Crippen LogP contribution < -0.4 is 10.6 Å². The van der Waals surface area contributed by atoms with E-state index >= 15 is 0 Å². The molecule has 0 bridgehead atoms. The van der Waals surface area contributed by atoms with Gasteiger partial charge in [-0.25, -0.2) is 0 Å². The molecule has 0 aromatic rings. The zero-order valence-corrected chi connectivity index (χ0v) is 10.3. The van der Waals surface area contributed by atoms with Crippen molar-refractivity contribution in [1.82, 2.24) is 15.5 Å². The molecule has 2 fully saturated rings. The van der Waals surface area contributed by atoms with Crippen LogP contribution in [0.25, 0.3) is 0 Å². The number of carbonyl (C=O) groups excluding carboxylic acids is 1. The molecular weight excluding hydrogens is 202 g/mol. The summed E-state index contributed by atoms with van der Waals surface area (Å²) in [5.41, 5.74) is 0. The number of likely N-dealkylation sites (N-methyl/N-ethyl adjacent to an activating group) is 1. The number of piperazine rings is 1. The first-order valence-electron chi connectivity index (χ1n) is 6.46. The third kappa shape index (κ3) is 2.38. The predicted octanol–water partition coefficient (Wildman–Crippen LogP) is 0.195. The topological polar surface area (TPSA) is 44.4 Å². The van der Waals surface area contributed by atoms with Gasteiger partial charge in [-0.1, -0.05) is 6.92 Å². The van der Waals surface area contributed by atoms with E-state index in [9.17, 15) is 4.79 Å². The van der Waals surface area contributed by atoms with Crippen molar-refractivity contribution in [2.75, 3.05) is 26.2 Å². The number of amides is 1. The van der Waals surface area contributed by atoms with Gasteiger partial charge in [-0.05, 0) is 25.7 Å². The first-order valence-corrected chi connectivity index (χ1v) is 6.46. The Kier molecular flexibility index (Phi) is 3.82. The molecule has 0 radical (unpaired) electrons. The molecule has 2 aliphatic rings. The molecule has 1 saturated heterocycles. The zero-order valence-electron chi connectivity index (χ0n) is 10.3. The lowest BCUT2D eigenvalue weighted by Gasteiger charge is -2.47. The van der Waals surface area contributed by atoms with Crippen molar-refractivity contribution >= 4 is 5.91 Å². The molecule has 1 heterocycles. The summed E-state index contributed by atoms with van der Waals surface area (Å²) in [5, 5.41) is 6.25. The van der Waals surface area contributed by atoms with Crippen molar-refractivity contribution in [3.63, 3.8) is 0 Å². The fourth-order valence-corrected chi connectivity index (χ4v) is 2.82. The maximum atomic E-state index is 11.9. The highest BCUT2D eigenvalue weighted by Gasteiger charge is 2.38. The fraction of sp³-hybridized carbons (Fsp3) is 0.917. The summed E-state index contributed by atoms with van der Waals surface area (Å²) in [6.07, 6.45) is 2.52. The lowest BCUT2D eigenvalue weighted by atomic mass is 9.80. The minimum atomic E-state index is 0.0474. The molecule has 0 aromatic carbocycles. The van der Waals surface area contributed by atoms with E-state index in [4.69, 9.17) is 0 Å². The lowest BCUT2D eigenvalue weighted by Crippen LogP contribution is -2.62. The van der Waals surface area contributed by atoms with Crippen LogP contribution in [0.2, 0.25) is 0 Å². The number of nitrogens with one attached hydrogen (secondary N) is 2. The van der Waals surface area contributed by atoms with Gasteiger partial charge in [0.25, 0.3) is 0 Å². The Morgan fingerprint density at radius 2 is 2.25 bits per heavy atom. The molecule has 1 amide bonds. The molecule has 1 saturated carbocycles. The Labute approximate surface area is 97.8 Å². The van der Waals surface area contributed by atoms with Crippen LogP contribution in [0.3, 0.4) is 0 Å². The largest absolute Gasteiger partial charge is 0.355 e. The second-order valence-corrected chi connectivity index (χ2v) is 5.08. The zero-order chi connectivity index (χ0) is 11.5. The standard InChI is InChI=1S/C12H23N3O/c1-3-14-12(16)11-8-13-4-5-15(11)10-6-9(2)7-10/h9-11,13H,3-8H2,1-2H3,(H,14,16). The van der Waals surface area contributed by atoms with Gasteiger partial charge in [-0.2, -0.15) is 0 Å². The maximum Gasteiger partial charge on any atom is 0.238 e. The Balaban J connectivity index is 1.94. The van der Waals surface area contributed by atoms with E-state index in [2.05, 4.69) is 22.5 Å². The average Bonchev–Trinajstić information content (AvgIpc) is 2.25. The molecule has 1 aliphatic heterocycles. The molecule has 1 atom stereocenters. The van der Waals surface area contributed by atoms with E-state index in [-0.39, 0.29) is 11.9 Å². The summed E-state index contributed by atoms with van der Waals surface area (Å²) < 4.78 is 0. The van der Waals surface area contributed by atoms with Crippen LogP contribution in [-0.4, -0.2) is 49.1 Å². The summed E-state index contributed by atoms with van der Waals surface area (Å²) >= 11 is 0. The van der Waals surface area contributed by atoms with E-state index in [0.29, 0.717) is 6.04 Å². The van der Waals surface area contributed by atoms with Gasteiger partial charge in [-0.3, -0.25) is 9.69 Å². The molecule has 1 aliphatic carbocycles. The summed E-state index contributed by atoms with van der Waals surface area (Å²) in [7, 11) is 0. The molecule has 4 heteroatoms. The van der Waals surface area contributed by atoms with E-state index in [1.165, 1.54) is 12.8 Å². The minimum absolute atomic E-state index is 0.0474. The van der Waals surface area contributed by atoms with E-state index in [1.54, 1.807) is 0 Å². The molecule has 1 unspecified atom stereocenters. The van der Waals surface area contributed by atoms with Gasteiger partial charge in [0.2, 0.25) is 5.91 Å². The second kappa shape index (κ2) is 5.15. The van der Waals surface area contributed by atoms with Gasteiger partial charge in [0.05, 0.1) is 0 Å². The number of hydrogen-bond acceptors (Lipinski definition) is 3. The SMILES string of the molecule is CCNC(=O)C1CNCCN1C1CC(C)C1. The van der Waals surface area contributed by atoms with Crippen molar-refractivity contribution in [2.45, 2.75) is 38.8 Å². The maximum absolute atomic E-state index is 11.9. The predicted molar refractivity (Wildman–Crippen MR) is 64.2 cm³/mol. The lowest BCUT2D eigenvalue weighted by molar-refractivity contribution is -0.129. The number of carbonyl (C=O) groups is 1. The van der Waals surface area contributed by atoms with Gasteiger partial charge in [0.1, 0.15) is 6.04 Å². The first kappa shape index (κ1) is 11.9. The number of rotatable bonds is 3. The number of hydrogen-bond donors (Lipinski definition) is 2. The van der Waals surface area contributed by atoms with Crippen LogP contribution in [0.1, 0.15) is 26.7 Å². The fourth-order valence-electron chi connectivity index (χ4n) is 2.82. The van der Waals surface area contributed by atoms with Gasteiger partial charge in [-0.15, -0.1) is 0 Å². The molecule has 16 heavy (non-hydrogen) atoms. The highest BCUT2D eigenvalue weighted by Crippen LogP contribution is 2.32. The van der Waals surface area contributed by atoms with Crippen molar-refractivity contribution in [3.05, 3.63) is 0 Å². The highest BCUT2D eigenvalue weighted by atomic mass is 16.2. The Morgan fingerprint density at radius 3 is 2.88 bits per heavy atom. The van der Waals surface area contributed by atoms with Crippen molar-refractivity contribution in [2.24, 2.45) is 5.92 Å². The van der Waals surface area contributed by atoms with Crippen LogP contribution in [0.4, 0.5) is 0 Å². The molecular formula is C12H23N3O. The Morgan fingerprint density at radius 1 is 1.50 bits per heavy atom. The monoisotopic (exact) mass is 225 g/mol. The van der Waals surface area contributed by atoms with Gasteiger partial charge >= 0.3 is 0 Å². The number of nitrogens with zero attached hydrogens (tertiary/aromatic N) is 1.